The summed E-state index contributed by atoms with van der Waals surface area (Å²) >= 11 is 0. The fraction of sp³-hybridized carbons (Fsp3) is 0.148. The van der Waals surface area contributed by atoms with Crippen LogP contribution in [0.1, 0.15) is 16.7 Å². The molecule has 1 heterocycles. The van der Waals surface area contributed by atoms with Gasteiger partial charge in [-0.3, -0.25) is 24.0 Å². The van der Waals surface area contributed by atoms with Gasteiger partial charge in [0.05, 0.1) is 26.6 Å². The lowest BCUT2D eigenvalue weighted by Gasteiger charge is -2.25. The molecule has 0 fully saturated rings. The molecule has 0 aliphatic heterocycles. The van der Waals surface area contributed by atoms with Crippen LogP contribution in [0.5, 0.6) is 5.75 Å². The van der Waals surface area contributed by atoms with E-state index in [4.69, 9.17) is 10.5 Å². The summed E-state index contributed by atoms with van der Waals surface area (Å²) in [5.74, 6) is 0.277. The Morgan fingerprint density at radius 2 is 1.49 bits per heavy atom. The van der Waals surface area contributed by atoms with Crippen molar-refractivity contribution >= 4 is 17.4 Å². The number of anilines is 2. The van der Waals surface area contributed by atoms with Crippen molar-refractivity contribution in [1.29, 1.82) is 0 Å². The molecule has 0 saturated heterocycles. The van der Waals surface area contributed by atoms with Crippen LogP contribution < -0.4 is 26.6 Å². The van der Waals surface area contributed by atoms with E-state index in [1.54, 1.807) is 31.4 Å². The Morgan fingerprint density at radius 3 is 2.09 bits per heavy atom. The highest BCUT2D eigenvalue weighted by molar-refractivity contribution is 5.96. The maximum absolute atomic E-state index is 13.5. The van der Waals surface area contributed by atoms with Gasteiger partial charge in [-0.15, -0.1) is 0 Å². The van der Waals surface area contributed by atoms with Crippen LogP contribution in [0.4, 0.5) is 11.5 Å². The first-order valence-electron chi connectivity index (χ1n) is 11.1. The number of H-pyrrole nitrogens is 1. The third kappa shape index (κ3) is 5.50. The van der Waals surface area contributed by atoms with Crippen molar-refractivity contribution in [2.75, 3.05) is 17.7 Å². The topological polar surface area (TPSA) is 110 Å². The number of carbonyl (C=O) groups is 1. The van der Waals surface area contributed by atoms with Gasteiger partial charge in [-0.25, -0.2) is 4.79 Å². The summed E-state index contributed by atoms with van der Waals surface area (Å²) in [4.78, 5) is 42.8. The zero-order chi connectivity index (χ0) is 24.8. The van der Waals surface area contributed by atoms with Crippen molar-refractivity contribution < 1.29 is 9.53 Å². The summed E-state index contributed by atoms with van der Waals surface area (Å²) < 4.78 is 6.45. The number of nitrogens with zero attached hydrogens (tertiary/aromatic N) is 2. The lowest BCUT2D eigenvalue weighted by atomic mass is 10.1. The molecule has 0 aliphatic rings. The number of nitrogens with one attached hydrogen (secondary N) is 1. The van der Waals surface area contributed by atoms with Crippen molar-refractivity contribution in [3.63, 3.8) is 0 Å². The number of hydrogen-bond acceptors (Lipinski definition) is 5. The summed E-state index contributed by atoms with van der Waals surface area (Å²) in [7, 11) is 1.57. The monoisotopic (exact) mass is 470 g/mol. The van der Waals surface area contributed by atoms with Crippen LogP contribution in [0, 0.1) is 0 Å². The van der Waals surface area contributed by atoms with Gasteiger partial charge in [-0.05, 0) is 28.8 Å². The number of carbonyl (C=O) groups excluding carboxylic acids is 1. The lowest BCUT2D eigenvalue weighted by molar-refractivity contribution is -0.118. The van der Waals surface area contributed by atoms with Gasteiger partial charge in [-0.1, -0.05) is 72.8 Å². The van der Waals surface area contributed by atoms with E-state index >= 15 is 0 Å². The Hall–Kier alpha value is -4.59. The third-order valence-corrected chi connectivity index (χ3v) is 5.67. The molecule has 4 aromatic rings. The molecule has 4 rings (SSSR count). The number of amides is 1. The molecule has 3 aromatic carbocycles. The molecular weight excluding hydrogens is 444 g/mol. The average molecular weight is 471 g/mol. The molecule has 0 radical (unpaired) electrons. The second kappa shape index (κ2) is 10.6. The van der Waals surface area contributed by atoms with Crippen LogP contribution in [0.15, 0.2) is 94.5 Å². The van der Waals surface area contributed by atoms with Crippen molar-refractivity contribution in [1.82, 2.24) is 9.55 Å². The molecule has 0 atom stereocenters. The van der Waals surface area contributed by atoms with Gasteiger partial charge in [0.15, 0.2) is 5.69 Å². The Morgan fingerprint density at radius 1 is 0.886 bits per heavy atom. The highest BCUT2D eigenvalue weighted by atomic mass is 16.5. The number of nitrogen functional groups attached to an aromatic ring is 1. The maximum Gasteiger partial charge on any atom is 0.330 e. The Bertz CT molecular complexity index is 1410. The smallest absolute Gasteiger partial charge is 0.330 e. The number of rotatable bonds is 8. The molecule has 1 aromatic heterocycles. The molecule has 1 amide bonds. The third-order valence-electron chi connectivity index (χ3n) is 5.67. The molecule has 0 aliphatic carbocycles. The fourth-order valence-corrected chi connectivity index (χ4v) is 3.83. The SMILES string of the molecule is COc1ccc(CC(=O)N(Cc2ccccc2)c2c(N)n(Cc3ccccc3)c(=O)[nH]c2=O)cc1. The standard InChI is InChI=1S/C27H26N4O4/c1-35-22-14-12-19(13-15-22)16-23(32)30(17-20-8-4-2-5-9-20)24-25(28)31(27(34)29-26(24)33)18-21-10-6-3-7-11-21/h2-15H,16-18,28H2,1H3,(H,29,33,34). The molecule has 0 spiro atoms. The van der Waals surface area contributed by atoms with E-state index in [0.29, 0.717) is 5.75 Å². The maximum atomic E-state index is 13.5. The molecule has 8 nitrogen and oxygen atoms in total. The molecule has 0 saturated carbocycles. The van der Waals surface area contributed by atoms with Gasteiger partial charge in [0, 0.05) is 0 Å². The zero-order valence-electron chi connectivity index (χ0n) is 19.3. The summed E-state index contributed by atoms with van der Waals surface area (Å²) in [5.41, 5.74) is 7.39. The zero-order valence-corrected chi connectivity index (χ0v) is 19.3. The minimum absolute atomic E-state index is 0.0352. The van der Waals surface area contributed by atoms with E-state index < -0.39 is 11.2 Å². The minimum atomic E-state index is -0.712. The summed E-state index contributed by atoms with van der Waals surface area (Å²) in [6.07, 6.45) is 0.0352. The number of aromatic amines is 1. The Labute approximate surface area is 202 Å². The predicted molar refractivity (Wildman–Crippen MR) is 136 cm³/mol. The van der Waals surface area contributed by atoms with Crippen molar-refractivity contribution in [2.24, 2.45) is 0 Å². The number of hydrogen-bond donors (Lipinski definition) is 2. The summed E-state index contributed by atoms with van der Waals surface area (Å²) in [6, 6.07) is 25.7. The molecule has 3 N–H and O–H groups in total. The Balaban J connectivity index is 1.75. The van der Waals surface area contributed by atoms with Crippen molar-refractivity contribution in [3.05, 3.63) is 122 Å². The lowest BCUT2D eigenvalue weighted by Crippen LogP contribution is -2.41. The summed E-state index contributed by atoms with van der Waals surface area (Å²) in [6.45, 7) is 0.272. The average Bonchev–Trinajstić information content (AvgIpc) is 2.87. The van der Waals surface area contributed by atoms with Crippen LogP contribution >= 0.6 is 0 Å². The molecule has 0 bridgehead atoms. The quantitative estimate of drug-likeness (QED) is 0.411. The molecule has 8 heteroatoms. The first kappa shape index (κ1) is 23.6. The van der Waals surface area contributed by atoms with E-state index in [0.717, 1.165) is 16.7 Å². The number of ether oxygens (including phenoxy) is 1. The molecular formula is C27H26N4O4. The van der Waals surface area contributed by atoms with Gasteiger partial charge in [0.2, 0.25) is 5.91 Å². The van der Waals surface area contributed by atoms with Crippen LogP contribution in [0.2, 0.25) is 0 Å². The van der Waals surface area contributed by atoms with Crippen LogP contribution in [0.3, 0.4) is 0 Å². The van der Waals surface area contributed by atoms with Gasteiger partial charge < -0.3 is 10.5 Å². The highest BCUT2D eigenvalue weighted by Gasteiger charge is 2.25. The van der Waals surface area contributed by atoms with Crippen LogP contribution in [-0.4, -0.2) is 22.6 Å². The van der Waals surface area contributed by atoms with Crippen LogP contribution in [-0.2, 0) is 24.3 Å². The van der Waals surface area contributed by atoms with Gasteiger partial charge in [-0.2, -0.15) is 0 Å². The molecule has 35 heavy (non-hydrogen) atoms. The molecule has 0 unspecified atom stereocenters. The minimum Gasteiger partial charge on any atom is -0.497 e. The van der Waals surface area contributed by atoms with E-state index in [9.17, 15) is 14.4 Å². The first-order chi connectivity index (χ1) is 17.0. The van der Waals surface area contributed by atoms with Gasteiger partial charge in [0.1, 0.15) is 11.6 Å². The number of benzene rings is 3. The normalized spacial score (nSPS) is 10.7. The largest absolute Gasteiger partial charge is 0.497 e. The van der Waals surface area contributed by atoms with Gasteiger partial charge >= 0.3 is 5.69 Å². The first-order valence-corrected chi connectivity index (χ1v) is 11.1. The van der Waals surface area contributed by atoms with Crippen molar-refractivity contribution in [2.45, 2.75) is 19.5 Å². The second-order valence-electron chi connectivity index (χ2n) is 8.06. The number of aromatic nitrogens is 2. The summed E-state index contributed by atoms with van der Waals surface area (Å²) in [5, 5.41) is 0. The highest BCUT2D eigenvalue weighted by Crippen LogP contribution is 2.22. The van der Waals surface area contributed by atoms with E-state index in [2.05, 4.69) is 4.98 Å². The van der Waals surface area contributed by atoms with Crippen molar-refractivity contribution in [3.8, 4) is 5.75 Å². The Kier molecular flexibility index (Phi) is 7.11. The molecule has 178 valence electrons. The predicted octanol–water partition coefficient (Wildman–Crippen LogP) is 2.95. The van der Waals surface area contributed by atoms with Gasteiger partial charge in [0.25, 0.3) is 5.56 Å². The van der Waals surface area contributed by atoms with E-state index in [1.807, 2.05) is 60.7 Å². The second-order valence-corrected chi connectivity index (χ2v) is 8.06. The van der Waals surface area contributed by atoms with E-state index in [-0.39, 0.29) is 36.9 Å². The van der Waals surface area contributed by atoms with Crippen LogP contribution in [0.25, 0.3) is 0 Å². The fourth-order valence-electron chi connectivity index (χ4n) is 3.83. The number of nitrogens with two attached hydrogens (primary N) is 1. The number of methoxy groups -OCH3 is 1. The van der Waals surface area contributed by atoms with E-state index in [1.165, 1.54) is 9.47 Å².